The fourth-order valence-corrected chi connectivity index (χ4v) is 0.493. The zero-order valence-corrected chi connectivity index (χ0v) is 11.2. The first kappa shape index (κ1) is 19.1. The van der Waals surface area contributed by atoms with Gasteiger partial charge in [-0.1, -0.05) is 47.5 Å². The molecule has 0 atom stereocenters. The molecule has 0 aromatic carbocycles. The Morgan fingerprint density at radius 1 is 1.00 bits per heavy atom. The summed E-state index contributed by atoms with van der Waals surface area (Å²) in [6.45, 7) is 12.9. The van der Waals surface area contributed by atoms with E-state index in [4.69, 9.17) is 0 Å². The van der Waals surface area contributed by atoms with Crippen molar-refractivity contribution in [3.05, 3.63) is 0 Å². The first-order valence-corrected chi connectivity index (χ1v) is 5.81. The predicted molar refractivity (Wildman–Crippen MR) is 65.5 cm³/mol. The Balaban J connectivity index is -0.000000170. The highest BCUT2D eigenvalue weighted by Gasteiger charge is 1.96. The molecule has 0 unspecified atom stereocenters. The number of carbonyl (C=O) groups excluding carboxylic acids is 1. The van der Waals surface area contributed by atoms with Crippen molar-refractivity contribution in [3.8, 4) is 0 Å². The van der Waals surface area contributed by atoms with Gasteiger partial charge in [-0.25, -0.2) is 0 Å². The molecule has 0 radical (unpaired) electrons. The van der Waals surface area contributed by atoms with Crippen molar-refractivity contribution in [1.29, 1.82) is 0 Å². The van der Waals surface area contributed by atoms with Crippen LogP contribution in [0.15, 0.2) is 0 Å². The van der Waals surface area contributed by atoms with Gasteiger partial charge >= 0.3 is 0 Å². The van der Waals surface area contributed by atoms with Gasteiger partial charge in [-0.15, -0.1) is 0 Å². The number of unbranched alkanes of at least 4 members (excludes halogenated alkanes) is 1. The lowest BCUT2D eigenvalue weighted by atomic mass is 10.4. The third kappa shape index (κ3) is 22.5. The Bertz CT molecular complexity index is 100. The maximum atomic E-state index is 10.5. The van der Waals surface area contributed by atoms with Gasteiger partial charge in [0.05, 0.1) is 0 Å². The molecule has 0 saturated heterocycles. The fourth-order valence-electron chi connectivity index (χ4n) is 0.493. The first-order chi connectivity index (χ1) is 6.59. The van der Waals surface area contributed by atoms with Crippen LogP contribution in [0, 0.1) is 0 Å². The number of carbonyl (C=O) groups is 1. The minimum atomic E-state index is 0.145. The van der Waals surface area contributed by atoms with Gasteiger partial charge in [0.25, 0.3) is 0 Å². The van der Waals surface area contributed by atoms with Crippen LogP contribution in [-0.2, 0) is 4.79 Å². The maximum absolute atomic E-state index is 10.5. The van der Waals surface area contributed by atoms with E-state index in [9.17, 15) is 4.79 Å². The molecule has 0 heterocycles. The summed E-state index contributed by atoms with van der Waals surface area (Å²) >= 11 is 0. The highest BCUT2D eigenvalue weighted by molar-refractivity contribution is 5.72. The topological polar surface area (TPSA) is 20.3 Å². The standard InChI is InChI=1S/C6H13NO.C4H10.C2H6/c1-4-5-7(3)6(2)8;1-3-4-2;1-2/h4-5H2,1-3H3;3-4H2,1-2H3;1-2H3. The fraction of sp³-hybridized carbons (Fsp3) is 0.917. The van der Waals surface area contributed by atoms with Crippen LogP contribution in [0.1, 0.15) is 60.8 Å². The molecule has 0 aromatic rings. The second-order valence-electron chi connectivity index (χ2n) is 2.94. The van der Waals surface area contributed by atoms with Crippen molar-refractivity contribution >= 4 is 5.91 Å². The molecular formula is C12H29NO. The lowest BCUT2D eigenvalue weighted by Gasteiger charge is -2.11. The number of hydrogen-bond acceptors (Lipinski definition) is 1. The molecule has 0 aliphatic heterocycles. The number of rotatable bonds is 3. The SMILES string of the molecule is CC.CCCC.CCCN(C)C(C)=O. The largest absolute Gasteiger partial charge is 0.346 e. The molecule has 0 rings (SSSR count). The number of amides is 1. The van der Waals surface area contributed by atoms with Gasteiger partial charge in [-0.05, 0) is 6.42 Å². The van der Waals surface area contributed by atoms with Crippen LogP contribution in [-0.4, -0.2) is 24.4 Å². The van der Waals surface area contributed by atoms with E-state index in [0.717, 1.165) is 13.0 Å². The van der Waals surface area contributed by atoms with Crippen LogP contribution in [0.4, 0.5) is 0 Å². The summed E-state index contributed by atoms with van der Waals surface area (Å²) in [5, 5.41) is 0. The Morgan fingerprint density at radius 2 is 1.36 bits per heavy atom. The van der Waals surface area contributed by atoms with Crippen molar-refractivity contribution in [1.82, 2.24) is 4.90 Å². The zero-order chi connectivity index (χ0) is 12.0. The molecule has 0 aromatic heterocycles. The van der Waals surface area contributed by atoms with Crippen molar-refractivity contribution in [2.45, 2.75) is 60.8 Å². The summed E-state index contributed by atoms with van der Waals surface area (Å²) in [6.07, 6.45) is 3.68. The minimum absolute atomic E-state index is 0.145. The highest BCUT2D eigenvalue weighted by atomic mass is 16.2. The molecule has 0 saturated carbocycles. The van der Waals surface area contributed by atoms with Crippen LogP contribution in [0.3, 0.4) is 0 Å². The van der Waals surface area contributed by atoms with E-state index in [-0.39, 0.29) is 5.91 Å². The van der Waals surface area contributed by atoms with Crippen LogP contribution < -0.4 is 0 Å². The van der Waals surface area contributed by atoms with Crippen molar-refractivity contribution in [3.63, 3.8) is 0 Å². The summed E-state index contributed by atoms with van der Waals surface area (Å²) in [5.74, 6) is 0.145. The molecule has 14 heavy (non-hydrogen) atoms. The molecular weight excluding hydrogens is 174 g/mol. The van der Waals surface area contributed by atoms with E-state index in [1.165, 1.54) is 12.8 Å². The van der Waals surface area contributed by atoms with Gasteiger partial charge in [0.15, 0.2) is 0 Å². The number of hydrogen-bond donors (Lipinski definition) is 0. The van der Waals surface area contributed by atoms with Crippen LogP contribution >= 0.6 is 0 Å². The van der Waals surface area contributed by atoms with E-state index in [2.05, 4.69) is 20.8 Å². The summed E-state index contributed by atoms with van der Waals surface area (Å²) in [6, 6.07) is 0. The van der Waals surface area contributed by atoms with Crippen molar-refractivity contribution < 1.29 is 4.79 Å². The average molecular weight is 203 g/mol. The lowest BCUT2D eigenvalue weighted by molar-refractivity contribution is -0.127. The van der Waals surface area contributed by atoms with Gasteiger partial charge in [-0.3, -0.25) is 4.79 Å². The maximum Gasteiger partial charge on any atom is 0.219 e. The van der Waals surface area contributed by atoms with E-state index < -0.39 is 0 Å². The minimum Gasteiger partial charge on any atom is -0.346 e. The Hall–Kier alpha value is -0.530. The highest BCUT2D eigenvalue weighted by Crippen LogP contribution is 1.84. The Morgan fingerprint density at radius 3 is 1.43 bits per heavy atom. The first-order valence-electron chi connectivity index (χ1n) is 5.81. The van der Waals surface area contributed by atoms with Gasteiger partial charge in [0.1, 0.15) is 0 Å². The summed E-state index contributed by atoms with van der Waals surface area (Å²) < 4.78 is 0. The van der Waals surface area contributed by atoms with Gasteiger partial charge in [-0.2, -0.15) is 0 Å². The normalized spacial score (nSPS) is 7.64. The van der Waals surface area contributed by atoms with E-state index in [1.54, 1.807) is 11.8 Å². The van der Waals surface area contributed by atoms with E-state index in [1.807, 2.05) is 20.9 Å². The van der Waals surface area contributed by atoms with Crippen molar-refractivity contribution in [2.75, 3.05) is 13.6 Å². The molecule has 0 spiro atoms. The quantitative estimate of drug-likeness (QED) is 0.685. The third-order valence-corrected chi connectivity index (χ3v) is 1.60. The molecule has 0 N–H and O–H groups in total. The van der Waals surface area contributed by atoms with Gasteiger partial charge in [0, 0.05) is 20.5 Å². The number of nitrogens with zero attached hydrogens (tertiary/aromatic N) is 1. The van der Waals surface area contributed by atoms with Crippen molar-refractivity contribution in [2.24, 2.45) is 0 Å². The summed E-state index contributed by atoms with van der Waals surface area (Å²) in [5.41, 5.74) is 0. The third-order valence-electron chi connectivity index (χ3n) is 1.60. The Kier molecular flexibility index (Phi) is 25.0. The molecule has 2 nitrogen and oxygen atoms in total. The van der Waals surface area contributed by atoms with Crippen LogP contribution in [0.5, 0.6) is 0 Å². The van der Waals surface area contributed by atoms with Gasteiger partial charge < -0.3 is 4.90 Å². The molecule has 88 valence electrons. The summed E-state index contributed by atoms with van der Waals surface area (Å²) in [7, 11) is 1.81. The molecule has 0 aliphatic carbocycles. The zero-order valence-electron chi connectivity index (χ0n) is 11.2. The monoisotopic (exact) mass is 203 g/mol. The smallest absolute Gasteiger partial charge is 0.219 e. The van der Waals surface area contributed by atoms with Crippen LogP contribution in [0.25, 0.3) is 0 Å². The molecule has 2 heteroatoms. The van der Waals surface area contributed by atoms with E-state index in [0.29, 0.717) is 0 Å². The molecule has 0 bridgehead atoms. The summed E-state index contributed by atoms with van der Waals surface area (Å²) in [4.78, 5) is 12.2. The second kappa shape index (κ2) is 18.3. The van der Waals surface area contributed by atoms with E-state index >= 15 is 0 Å². The Labute approximate surface area is 90.7 Å². The molecule has 1 amide bonds. The average Bonchev–Trinajstić information content (AvgIpc) is 2.21. The second-order valence-corrected chi connectivity index (χ2v) is 2.94. The van der Waals surface area contributed by atoms with Crippen LogP contribution in [0.2, 0.25) is 0 Å². The molecule has 0 aliphatic rings. The lowest BCUT2D eigenvalue weighted by Crippen LogP contribution is -2.24. The van der Waals surface area contributed by atoms with Gasteiger partial charge in [0.2, 0.25) is 5.91 Å². The predicted octanol–water partition coefficient (Wildman–Crippen LogP) is 3.71. The molecule has 0 fully saturated rings.